The van der Waals surface area contributed by atoms with Crippen LogP contribution in [0.5, 0.6) is 0 Å². The van der Waals surface area contributed by atoms with Crippen LogP contribution in [0.3, 0.4) is 0 Å². The first-order valence-corrected chi connectivity index (χ1v) is 11.8. The van der Waals surface area contributed by atoms with Gasteiger partial charge in [0.05, 0.1) is 15.9 Å². The highest BCUT2D eigenvalue weighted by molar-refractivity contribution is 7.89. The van der Waals surface area contributed by atoms with E-state index >= 15 is 0 Å². The third-order valence-corrected chi connectivity index (χ3v) is 6.38. The van der Waals surface area contributed by atoms with E-state index in [2.05, 4.69) is 53.1 Å². The molecule has 0 saturated carbocycles. The Morgan fingerprint density at radius 2 is 1.34 bits per heavy atom. The van der Waals surface area contributed by atoms with E-state index in [0.29, 0.717) is 0 Å². The van der Waals surface area contributed by atoms with Crippen molar-refractivity contribution >= 4 is 21.1 Å². The number of hydrogen-bond donors (Lipinski definition) is 1. The maximum atomic E-state index is 11.6. The Hall–Kier alpha value is -3.74. The van der Waals surface area contributed by atoms with Gasteiger partial charge < -0.3 is 0 Å². The van der Waals surface area contributed by atoms with E-state index in [9.17, 15) is 8.42 Å². The van der Waals surface area contributed by atoms with Crippen molar-refractivity contribution in [3.8, 4) is 17.1 Å². The number of imidazole rings is 1. The molecule has 4 aromatic carbocycles. The Kier molecular flexibility index (Phi) is 5.09. The van der Waals surface area contributed by atoms with Crippen LogP contribution in [0, 0.1) is 0 Å². The van der Waals surface area contributed by atoms with Crippen LogP contribution in [0.4, 0.5) is 0 Å². The zero-order chi connectivity index (χ0) is 22.1. The molecule has 1 heterocycles. The van der Waals surface area contributed by atoms with Crippen molar-refractivity contribution in [1.82, 2.24) is 9.55 Å². The molecule has 2 N–H and O–H groups in total. The molecule has 5 nitrogen and oxygen atoms in total. The monoisotopic (exact) mass is 439 g/mol. The van der Waals surface area contributed by atoms with Crippen LogP contribution < -0.4 is 5.14 Å². The standard InChI is InChI=1S/C26H21N3O2S/c27-32(30,31)23-16-12-21(13-17-23)26-28-24-8-4-5-9-25(24)29(26)22-14-10-20(11-15-22)18-19-6-2-1-3-7-19/h1-17H,18H2,(H2,27,30,31). The summed E-state index contributed by atoms with van der Waals surface area (Å²) < 4.78 is 25.4. The Balaban J connectivity index is 1.58. The van der Waals surface area contributed by atoms with Gasteiger partial charge in [0.25, 0.3) is 0 Å². The molecule has 6 heteroatoms. The number of rotatable bonds is 5. The van der Waals surface area contributed by atoms with Gasteiger partial charge in [-0.3, -0.25) is 4.57 Å². The molecule has 0 atom stereocenters. The van der Waals surface area contributed by atoms with E-state index < -0.39 is 10.0 Å². The Morgan fingerprint density at radius 3 is 2.03 bits per heavy atom. The average Bonchev–Trinajstić information content (AvgIpc) is 3.19. The molecule has 0 aliphatic rings. The number of aromatic nitrogens is 2. The summed E-state index contributed by atoms with van der Waals surface area (Å²) in [7, 11) is -3.75. The lowest BCUT2D eigenvalue weighted by atomic mass is 10.0. The highest BCUT2D eigenvalue weighted by Gasteiger charge is 2.15. The molecule has 0 unspecified atom stereocenters. The normalized spacial score (nSPS) is 11.7. The van der Waals surface area contributed by atoms with Crippen LogP contribution in [0.25, 0.3) is 28.1 Å². The predicted molar refractivity (Wildman–Crippen MR) is 127 cm³/mol. The fourth-order valence-corrected chi connectivity index (χ4v) is 4.38. The van der Waals surface area contributed by atoms with E-state index in [4.69, 9.17) is 10.1 Å². The molecule has 0 aliphatic heterocycles. The Bertz CT molecular complexity index is 1490. The van der Waals surface area contributed by atoms with Gasteiger partial charge in [-0.15, -0.1) is 0 Å². The first-order valence-electron chi connectivity index (χ1n) is 10.2. The third-order valence-electron chi connectivity index (χ3n) is 5.45. The molecule has 1 aromatic heterocycles. The fraction of sp³-hybridized carbons (Fsp3) is 0.0385. The average molecular weight is 440 g/mol. The molecule has 0 amide bonds. The smallest absolute Gasteiger partial charge is 0.238 e. The molecule has 0 aliphatic carbocycles. The van der Waals surface area contributed by atoms with Gasteiger partial charge in [0.1, 0.15) is 5.82 Å². The molecule has 5 aromatic rings. The van der Waals surface area contributed by atoms with Crippen LogP contribution in [-0.4, -0.2) is 18.0 Å². The van der Waals surface area contributed by atoms with Crippen LogP contribution in [-0.2, 0) is 16.4 Å². The topological polar surface area (TPSA) is 78.0 Å². The van der Waals surface area contributed by atoms with E-state index in [1.165, 1.54) is 23.3 Å². The predicted octanol–water partition coefficient (Wildman–Crippen LogP) is 4.93. The van der Waals surface area contributed by atoms with Crippen molar-refractivity contribution in [2.24, 2.45) is 5.14 Å². The minimum atomic E-state index is -3.75. The number of nitrogens with zero attached hydrogens (tertiary/aromatic N) is 2. The quantitative estimate of drug-likeness (QED) is 0.422. The summed E-state index contributed by atoms with van der Waals surface area (Å²) in [5.74, 6) is 0.739. The van der Waals surface area contributed by atoms with E-state index in [1.807, 2.05) is 30.3 Å². The first kappa shape index (κ1) is 20.2. The second-order valence-corrected chi connectivity index (χ2v) is 9.22. The SMILES string of the molecule is NS(=O)(=O)c1ccc(-c2nc3ccccc3n2-c2ccc(Cc3ccccc3)cc2)cc1. The van der Waals surface area contributed by atoms with Gasteiger partial charge in [-0.25, -0.2) is 18.5 Å². The van der Waals surface area contributed by atoms with E-state index in [0.717, 1.165) is 34.5 Å². The molecule has 158 valence electrons. The summed E-state index contributed by atoms with van der Waals surface area (Å²) >= 11 is 0. The van der Waals surface area contributed by atoms with Crippen LogP contribution in [0.15, 0.2) is 108 Å². The molecule has 0 saturated heterocycles. The van der Waals surface area contributed by atoms with Gasteiger partial charge in [0, 0.05) is 11.3 Å². The third kappa shape index (κ3) is 3.93. The number of nitrogens with two attached hydrogens (primary N) is 1. The minimum absolute atomic E-state index is 0.0779. The lowest BCUT2D eigenvalue weighted by Crippen LogP contribution is -2.11. The van der Waals surface area contributed by atoms with Crippen molar-refractivity contribution in [3.05, 3.63) is 114 Å². The minimum Gasteiger partial charge on any atom is -0.292 e. The van der Waals surface area contributed by atoms with Crippen molar-refractivity contribution in [2.75, 3.05) is 0 Å². The Labute approximate surface area is 186 Å². The van der Waals surface area contributed by atoms with Crippen molar-refractivity contribution in [2.45, 2.75) is 11.3 Å². The van der Waals surface area contributed by atoms with Gasteiger partial charge in [0.2, 0.25) is 10.0 Å². The maximum Gasteiger partial charge on any atom is 0.238 e. The van der Waals surface area contributed by atoms with E-state index in [1.54, 1.807) is 12.1 Å². The summed E-state index contributed by atoms with van der Waals surface area (Å²) in [6, 6.07) is 33.3. The maximum absolute atomic E-state index is 11.6. The lowest BCUT2D eigenvalue weighted by Gasteiger charge is -2.11. The summed E-state index contributed by atoms with van der Waals surface area (Å²) in [5, 5.41) is 5.25. The molecule has 0 bridgehead atoms. The van der Waals surface area contributed by atoms with Crippen molar-refractivity contribution in [3.63, 3.8) is 0 Å². The Morgan fingerprint density at radius 1 is 0.719 bits per heavy atom. The number of hydrogen-bond acceptors (Lipinski definition) is 3. The number of benzene rings is 4. The first-order chi connectivity index (χ1) is 15.5. The van der Waals surface area contributed by atoms with Gasteiger partial charge >= 0.3 is 0 Å². The number of para-hydroxylation sites is 2. The molecule has 32 heavy (non-hydrogen) atoms. The molecule has 0 radical (unpaired) electrons. The van der Waals surface area contributed by atoms with Gasteiger partial charge in [-0.2, -0.15) is 0 Å². The largest absolute Gasteiger partial charge is 0.292 e. The van der Waals surface area contributed by atoms with Crippen molar-refractivity contribution < 1.29 is 8.42 Å². The summed E-state index contributed by atoms with van der Waals surface area (Å²) in [6.45, 7) is 0. The summed E-state index contributed by atoms with van der Waals surface area (Å²) in [4.78, 5) is 4.90. The van der Waals surface area contributed by atoms with Crippen molar-refractivity contribution in [1.29, 1.82) is 0 Å². The summed E-state index contributed by atoms with van der Waals surface area (Å²) in [6.07, 6.45) is 0.869. The fourth-order valence-electron chi connectivity index (χ4n) is 3.87. The molecular weight excluding hydrogens is 418 g/mol. The molecule has 0 fully saturated rings. The second-order valence-electron chi connectivity index (χ2n) is 7.66. The van der Waals surface area contributed by atoms with Gasteiger partial charge in [-0.1, -0.05) is 54.6 Å². The zero-order valence-electron chi connectivity index (χ0n) is 17.2. The zero-order valence-corrected chi connectivity index (χ0v) is 18.0. The lowest BCUT2D eigenvalue weighted by molar-refractivity contribution is 0.598. The van der Waals surface area contributed by atoms with Crippen LogP contribution in [0.2, 0.25) is 0 Å². The number of primary sulfonamides is 1. The van der Waals surface area contributed by atoms with E-state index in [-0.39, 0.29) is 4.90 Å². The van der Waals surface area contributed by atoms with Gasteiger partial charge in [-0.05, 0) is 66.1 Å². The van der Waals surface area contributed by atoms with Crippen LogP contribution >= 0.6 is 0 Å². The van der Waals surface area contributed by atoms with Crippen LogP contribution in [0.1, 0.15) is 11.1 Å². The molecule has 5 rings (SSSR count). The number of sulfonamides is 1. The number of fused-ring (bicyclic) bond motifs is 1. The highest BCUT2D eigenvalue weighted by Crippen LogP contribution is 2.29. The summed E-state index contributed by atoms with van der Waals surface area (Å²) in [5.41, 5.74) is 6.13. The molecule has 0 spiro atoms. The highest BCUT2D eigenvalue weighted by atomic mass is 32.2. The molecular formula is C26H21N3O2S. The second kappa shape index (κ2) is 8.07. The van der Waals surface area contributed by atoms with Gasteiger partial charge in [0.15, 0.2) is 0 Å².